The highest BCUT2D eigenvalue weighted by atomic mass is 16.1. The molecule has 1 atom stereocenters. The Morgan fingerprint density at radius 1 is 1.47 bits per heavy atom. The van der Waals surface area contributed by atoms with Crippen LogP contribution < -0.4 is 16.0 Å². The first-order chi connectivity index (χ1) is 7.33. The highest BCUT2D eigenvalue weighted by molar-refractivity contribution is 5.75. The molecule has 1 unspecified atom stereocenters. The molecule has 0 aromatic carbocycles. The number of amides is 1. The number of carbonyl (C=O) groups is 1. The summed E-state index contributed by atoms with van der Waals surface area (Å²) in [6.45, 7) is 5.77. The molecule has 1 aliphatic rings. The molecule has 0 spiro atoms. The molecule has 1 fully saturated rings. The third kappa shape index (κ3) is 5.74. The molecule has 3 N–H and O–H groups in total. The number of carbonyl (C=O) groups excluding carboxylic acids is 1. The largest absolute Gasteiger partial charge is 0.356 e. The van der Waals surface area contributed by atoms with Gasteiger partial charge in [0.1, 0.15) is 0 Å². The van der Waals surface area contributed by atoms with Gasteiger partial charge < -0.3 is 16.0 Å². The Morgan fingerprint density at radius 3 is 3.00 bits per heavy atom. The quantitative estimate of drug-likeness (QED) is 0.531. The van der Waals surface area contributed by atoms with E-state index in [2.05, 4.69) is 22.9 Å². The summed E-state index contributed by atoms with van der Waals surface area (Å²) < 4.78 is 0. The molecule has 0 bridgehead atoms. The molecule has 0 aromatic rings. The van der Waals surface area contributed by atoms with Crippen LogP contribution in [0.25, 0.3) is 0 Å². The fourth-order valence-corrected chi connectivity index (χ4v) is 1.76. The van der Waals surface area contributed by atoms with Crippen LogP contribution in [0.5, 0.6) is 0 Å². The molecule has 0 aliphatic carbocycles. The number of nitrogens with one attached hydrogen (secondary N) is 3. The summed E-state index contributed by atoms with van der Waals surface area (Å²) >= 11 is 0. The van der Waals surface area contributed by atoms with E-state index in [4.69, 9.17) is 0 Å². The van der Waals surface area contributed by atoms with Crippen molar-refractivity contribution in [3.8, 4) is 0 Å². The zero-order valence-corrected chi connectivity index (χ0v) is 9.64. The van der Waals surface area contributed by atoms with E-state index in [-0.39, 0.29) is 5.91 Å². The van der Waals surface area contributed by atoms with Crippen LogP contribution in [0.2, 0.25) is 0 Å². The maximum Gasteiger partial charge on any atom is 0.221 e. The smallest absolute Gasteiger partial charge is 0.221 e. The minimum atomic E-state index is 0.156. The van der Waals surface area contributed by atoms with Crippen molar-refractivity contribution in [2.75, 3.05) is 26.2 Å². The minimum absolute atomic E-state index is 0.156. The van der Waals surface area contributed by atoms with E-state index in [0.717, 1.165) is 32.6 Å². The van der Waals surface area contributed by atoms with Crippen LogP contribution in [0.4, 0.5) is 0 Å². The van der Waals surface area contributed by atoms with Crippen LogP contribution in [0, 0.1) is 0 Å². The van der Waals surface area contributed by atoms with Crippen LogP contribution in [-0.2, 0) is 4.79 Å². The summed E-state index contributed by atoms with van der Waals surface area (Å²) in [7, 11) is 0. The average Bonchev–Trinajstić information content (AvgIpc) is 2.74. The van der Waals surface area contributed by atoms with Crippen LogP contribution in [0.3, 0.4) is 0 Å². The van der Waals surface area contributed by atoms with Crippen molar-refractivity contribution in [3.63, 3.8) is 0 Å². The van der Waals surface area contributed by atoms with E-state index in [1.165, 1.54) is 12.8 Å². The molecule has 0 saturated carbocycles. The lowest BCUT2D eigenvalue weighted by molar-refractivity contribution is -0.120. The molecular weight excluding hydrogens is 190 g/mol. The van der Waals surface area contributed by atoms with E-state index in [1.54, 1.807) is 0 Å². The number of rotatable bonds is 7. The third-order valence-corrected chi connectivity index (χ3v) is 2.65. The third-order valence-electron chi connectivity index (χ3n) is 2.65. The van der Waals surface area contributed by atoms with Gasteiger partial charge in [-0.25, -0.2) is 0 Å². The monoisotopic (exact) mass is 213 g/mol. The molecule has 1 rings (SSSR count). The molecule has 1 aliphatic heterocycles. The van der Waals surface area contributed by atoms with Gasteiger partial charge in [0, 0.05) is 32.1 Å². The average molecular weight is 213 g/mol. The molecule has 0 radical (unpaired) electrons. The maximum absolute atomic E-state index is 11.2. The highest BCUT2D eigenvalue weighted by Crippen LogP contribution is 2.02. The molecule has 0 aromatic heterocycles. The van der Waals surface area contributed by atoms with Crippen LogP contribution >= 0.6 is 0 Å². The van der Waals surface area contributed by atoms with Gasteiger partial charge in [-0.1, -0.05) is 6.92 Å². The SMILES string of the molecule is CCCNC(=O)CCNCC1CCCN1. The zero-order chi connectivity index (χ0) is 10.9. The van der Waals surface area contributed by atoms with Crippen molar-refractivity contribution in [1.82, 2.24) is 16.0 Å². The van der Waals surface area contributed by atoms with Crippen molar-refractivity contribution in [2.24, 2.45) is 0 Å². The Balaban J connectivity index is 1.89. The van der Waals surface area contributed by atoms with Gasteiger partial charge in [-0.3, -0.25) is 4.79 Å². The fourth-order valence-electron chi connectivity index (χ4n) is 1.76. The summed E-state index contributed by atoms with van der Waals surface area (Å²) in [6, 6.07) is 0.615. The summed E-state index contributed by atoms with van der Waals surface area (Å²) in [6.07, 6.45) is 4.14. The van der Waals surface area contributed by atoms with Crippen molar-refractivity contribution in [3.05, 3.63) is 0 Å². The van der Waals surface area contributed by atoms with E-state index < -0.39 is 0 Å². The zero-order valence-electron chi connectivity index (χ0n) is 9.64. The van der Waals surface area contributed by atoms with Gasteiger partial charge in [0.25, 0.3) is 0 Å². The molecule has 15 heavy (non-hydrogen) atoms. The predicted molar refractivity (Wildman–Crippen MR) is 61.8 cm³/mol. The van der Waals surface area contributed by atoms with Crippen LogP contribution in [-0.4, -0.2) is 38.1 Å². The van der Waals surface area contributed by atoms with Crippen molar-refractivity contribution in [2.45, 2.75) is 38.6 Å². The number of hydrogen-bond acceptors (Lipinski definition) is 3. The molecule has 4 nitrogen and oxygen atoms in total. The first-order valence-electron chi connectivity index (χ1n) is 6.03. The Labute approximate surface area is 92.2 Å². The van der Waals surface area contributed by atoms with Crippen LogP contribution in [0.1, 0.15) is 32.6 Å². The van der Waals surface area contributed by atoms with Gasteiger partial charge in [-0.15, -0.1) is 0 Å². The van der Waals surface area contributed by atoms with E-state index in [0.29, 0.717) is 12.5 Å². The first-order valence-corrected chi connectivity index (χ1v) is 6.03. The first kappa shape index (κ1) is 12.5. The van der Waals surface area contributed by atoms with Gasteiger partial charge in [-0.05, 0) is 25.8 Å². The summed E-state index contributed by atoms with van der Waals surface area (Å²) in [5.74, 6) is 0.156. The number of hydrogen-bond donors (Lipinski definition) is 3. The molecule has 1 amide bonds. The lowest BCUT2D eigenvalue weighted by Gasteiger charge is -2.11. The van der Waals surface area contributed by atoms with Gasteiger partial charge >= 0.3 is 0 Å². The predicted octanol–water partition coefficient (Wildman–Crippen LogP) is 0.244. The topological polar surface area (TPSA) is 53.2 Å². The van der Waals surface area contributed by atoms with Crippen molar-refractivity contribution in [1.29, 1.82) is 0 Å². The van der Waals surface area contributed by atoms with Crippen molar-refractivity contribution >= 4 is 5.91 Å². The van der Waals surface area contributed by atoms with Crippen molar-refractivity contribution < 1.29 is 4.79 Å². The van der Waals surface area contributed by atoms with Gasteiger partial charge in [0.2, 0.25) is 5.91 Å². The summed E-state index contributed by atoms with van der Waals surface area (Å²) in [4.78, 5) is 11.2. The molecule has 88 valence electrons. The van der Waals surface area contributed by atoms with Gasteiger partial charge in [0.15, 0.2) is 0 Å². The van der Waals surface area contributed by atoms with E-state index in [1.807, 2.05) is 0 Å². The second-order valence-corrected chi connectivity index (χ2v) is 4.10. The summed E-state index contributed by atoms with van der Waals surface area (Å²) in [5, 5.41) is 9.59. The molecule has 1 heterocycles. The van der Waals surface area contributed by atoms with E-state index in [9.17, 15) is 4.79 Å². The lowest BCUT2D eigenvalue weighted by atomic mass is 10.2. The Bertz CT molecular complexity index is 179. The standard InChI is InChI=1S/C11H23N3O/c1-2-6-14-11(15)5-8-12-9-10-4-3-7-13-10/h10,12-13H,2-9H2,1H3,(H,14,15). The molecular formula is C11H23N3O. The van der Waals surface area contributed by atoms with Gasteiger partial charge in [0.05, 0.1) is 0 Å². The molecule has 1 saturated heterocycles. The molecule has 4 heteroatoms. The van der Waals surface area contributed by atoms with Crippen LogP contribution in [0.15, 0.2) is 0 Å². The Kier molecular flexibility index (Phi) is 6.36. The Hall–Kier alpha value is -0.610. The Morgan fingerprint density at radius 2 is 2.33 bits per heavy atom. The van der Waals surface area contributed by atoms with E-state index >= 15 is 0 Å². The second-order valence-electron chi connectivity index (χ2n) is 4.10. The highest BCUT2D eigenvalue weighted by Gasteiger charge is 2.12. The lowest BCUT2D eigenvalue weighted by Crippen LogP contribution is -2.36. The second kappa shape index (κ2) is 7.65. The minimum Gasteiger partial charge on any atom is -0.356 e. The normalized spacial score (nSPS) is 20.5. The fraction of sp³-hybridized carbons (Fsp3) is 0.909. The summed E-state index contributed by atoms with van der Waals surface area (Å²) in [5.41, 5.74) is 0. The maximum atomic E-state index is 11.2. The van der Waals surface area contributed by atoms with Gasteiger partial charge in [-0.2, -0.15) is 0 Å².